The number of carbonyl (C=O) groups is 2. The van der Waals surface area contributed by atoms with Crippen LogP contribution in [0.3, 0.4) is 0 Å². The number of nitrogens with one attached hydrogen (secondary N) is 1. The van der Waals surface area contributed by atoms with E-state index in [0.29, 0.717) is 47.3 Å². The summed E-state index contributed by atoms with van der Waals surface area (Å²) >= 11 is 0. The lowest BCUT2D eigenvalue weighted by molar-refractivity contribution is -0.116. The fraction of sp³-hybridized carbons (Fsp3) is 0.263. The van der Waals surface area contributed by atoms with Crippen molar-refractivity contribution in [1.82, 2.24) is 0 Å². The molecule has 0 saturated heterocycles. The SMILES string of the molecule is COc1cccc(OC)c1C(=O)Nc1ccc2c(c1)OCCN2C(C)=O. The summed E-state index contributed by atoms with van der Waals surface area (Å²) < 4.78 is 16.2. The van der Waals surface area contributed by atoms with Crippen molar-refractivity contribution >= 4 is 23.2 Å². The topological polar surface area (TPSA) is 77.1 Å². The Labute approximate surface area is 151 Å². The van der Waals surface area contributed by atoms with E-state index in [-0.39, 0.29) is 11.8 Å². The van der Waals surface area contributed by atoms with Gasteiger partial charge in [-0.15, -0.1) is 0 Å². The maximum atomic E-state index is 12.7. The molecule has 1 N–H and O–H groups in total. The number of amides is 2. The van der Waals surface area contributed by atoms with Gasteiger partial charge in [-0.25, -0.2) is 0 Å². The molecule has 3 rings (SSSR count). The zero-order valence-corrected chi connectivity index (χ0v) is 14.9. The van der Waals surface area contributed by atoms with Crippen molar-refractivity contribution in [1.29, 1.82) is 0 Å². The molecular formula is C19H20N2O5. The highest BCUT2D eigenvalue weighted by Gasteiger charge is 2.23. The summed E-state index contributed by atoms with van der Waals surface area (Å²) in [4.78, 5) is 26.1. The van der Waals surface area contributed by atoms with Crippen molar-refractivity contribution < 1.29 is 23.8 Å². The first-order valence-corrected chi connectivity index (χ1v) is 8.12. The molecule has 1 aliphatic rings. The summed E-state index contributed by atoms with van der Waals surface area (Å²) in [6.07, 6.45) is 0. The molecule has 26 heavy (non-hydrogen) atoms. The van der Waals surface area contributed by atoms with E-state index in [9.17, 15) is 9.59 Å². The number of hydrogen-bond acceptors (Lipinski definition) is 5. The third kappa shape index (κ3) is 3.28. The van der Waals surface area contributed by atoms with Crippen LogP contribution in [0.15, 0.2) is 36.4 Å². The van der Waals surface area contributed by atoms with Crippen molar-refractivity contribution in [3.05, 3.63) is 42.0 Å². The standard InChI is InChI=1S/C19H20N2O5/c1-12(22)21-9-10-26-17-11-13(7-8-14(17)21)20-19(23)18-15(24-2)5-4-6-16(18)25-3/h4-8,11H,9-10H2,1-3H3,(H,20,23). The van der Waals surface area contributed by atoms with E-state index >= 15 is 0 Å². The molecule has 0 fully saturated rings. The first-order chi connectivity index (χ1) is 12.5. The van der Waals surface area contributed by atoms with Crippen LogP contribution in [0.25, 0.3) is 0 Å². The molecule has 0 bridgehead atoms. The molecule has 0 unspecified atom stereocenters. The second kappa shape index (κ2) is 7.35. The van der Waals surface area contributed by atoms with Crippen LogP contribution in [-0.2, 0) is 4.79 Å². The van der Waals surface area contributed by atoms with Gasteiger partial charge in [0.25, 0.3) is 5.91 Å². The molecule has 2 aromatic carbocycles. The molecule has 0 aromatic heterocycles. The molecule has 7 nitrogen and oxygen atoms in total. The maximum Gasteiger partial charge on any atom is 0.263 e. The van der Waals surface area contributed by atoms with Gasteiger partial charge in [0.15, 0.2) is 0 Å². The average molecular weight is 356 g/mol. The van der Waals surface area contributed by atoms with E-state index in [4.69, 9.17) is 14.2 Å². The monoisotopic (exact) mass is 356 g/mol. The third-order valence-corrected chi connectivity index (χ3v) is 4.12. The number of hydrogen-bond donors (Lipinski definition) is 1. The number of nitrogens with zero attached hydrogens (tertiary/aromatic N) is 1. The fourth-order valence-electron chi connectivity index (χ4n) is 2.89. The number of rotatable bonds is 4. The Balaban J connectivity index is 1.89. The Bertz CT molecular complexity index is 828. The van der Waals surface area contributed by atoms with Gasteiger partial charge in [0.1, 0.15) is 29.4 Å². The minimum absolute atomic E-state index is 0.0508. The first-order valence-electron chi connectivity index (χ1n) is 8.12. The van der Waals surface area contributed by atoms with Crippen molar-refractivity contribution in [3.8, 4) is 17.2 Å². The van der Waals surface area contributed by atoms with Crippen LogP contribution in [0, 0.1) is 0 Å². The summed E-state index contributed by atoms with van der Waals surface area (Å²) in [7, 11) is 2.99. The molecule has 1 aliphatic heterocycles. The number of benzene rings is 2. The molecule has 0 atom stereocenters. The predicted octanol–water partition coefficient (Wildman–Crippen LogP) is 2.70. The van der Waals surface area contributed by atoms with E-state index in [1.165, 1.54) is 21.1 Å². The van der Waals surface area contributed by atoms with Gasteiger partial charge < -0.3 is 24.4 Å². The highest BCUT2D eigenvalue weighted by Crippen LogP contribution is 2.35. The smallest absolute Gasteiger partial charge is 0.263 e. The molecule has 0 aliphatic carbocycles. The first kappa shape index (κ1) is 17.6. The van der Waals surface area contributed by atoms with Crippen molar-refractivity contribution in [2.24, 2.45) is 0 Å². The van der Waals surface area contributed by atoms with Crippen molar-refractivity contribution in [3.63, 3.8) is 0 Å². The van der Waals surface area contributed by atoms with E-state index in [1.807, 2.05) is 0 Å². The van der Waals surface area contributed by atoms with Gasteiger partial charge in [-0.1, -0.05) is 6.07 Å². The van der Waals surface area contributed by atoms with Crippen LogP contribution < -0.4 is 24.4 Å². The summed E-state index contributed by atoms with van der Waals surface area (Å²) in [6, 6.07) is 10.3. The van der Waals surface area contributed by atoms with Crippen LogP contribution in [0.2, 0.25) is 0 Å². The zero-order valence-electron chi connectivity index (χ0n) is 14.9. The van der Waals surface area contributed by atoms with Crippen LogP contribution in [0.4, 0.5) is 11.4 Å². The van der Waals surface area contributed by atoms with E-state index in [0.717, 1.165) is 0 Å². The maximum absolute atomic E-state index is 12.7. The van der Waals surface area contributed by atoms with Gasteiger partial charge in [-0.2, -0.15) is 0 Å². The molecule has 2 aromatic rings. The van der Waals surface area contributed by atoms with Crippen LogP contribution in [-0.4, -0.2) is 39.2 Å². The van der Waals surface area contributed by atoms with Gasteiger partial charge >= 0.3 is 0 Å². The Morgan fingerprint density at radius 3 is 2.42 bits per heavy atom. The van der Waals surface area contributed by atoms with Gasteiger partial charge in [-0.3, -0.25) is 9.59 Å². The number of carbonyl (C=O) groups excluding carboxylic acids is 2. The van der Waals surface area contributed by atoms with Crippen molar-refractivity contribution in [2.45, 2.75) is 6.92 Å². The molecule has 0 saturated carbocycles. The second-order valence-electron chi connectivity index (χ2n) is 5.69. The van der Waals surface area contributed by atoms with Crippen LogP contribution >= 0.6 is 0 Å². The van der Waals surface area contributed by atoms with Crippen LogP contribution in [0.1, 0.15) is 17.3 Å². The summed E-state index contributed by atoms with van der Waals surface area (Å²) in [5.41, 5.74) is 1.55. The fourth-order valence-corrected chi connectivity index (χ4v) is 2.89. The molecule has 0 radical (unpaired) electrons. The molecule has 0 spiro atoms. The number of fused-ring (bicyclic) bond motifs is 1. The quantitative estimate of drug-likeness (QED) is 0.911. The molecule has 136 valence electrons. The lowest BCUT2D eigenvalue weighted by Crippen LogP contribution is -2.36. The normalized spacial score (nSPS) is 12.7. The largest absolute Gasteiger partial charge is 0.496 e. The lowest BCUT2D eigenvalue weighted by Gasteiger charge is -2.29. The Kier molecular flexibility index (Phi) is 4.97. The highest BCUT2D eigenvalue weighted by atomic mass is 16.5. The van der Waals surface area contributed by atoms with Gasteiger partial charge in [-0.05, 0) is 24.3 Å². The van der Waals surface area contributed by atoms with E-state index < -0.39 is 0 Å². The predicted molar refractivity (Wildman–Crippen MR) is 97.5 cm³/mol. The number of ether oxygens (including phenoxy) is 3. The third-order valence-electron chi connectivity index (χ3n) is 4.12. The van der Waals surface area contributed by atoms with Crippen LogP contribution in [0.5, 0.6) is 17.2 Å². The average Bonchev–Trinajstić information content (AvgIpc) is 2.66. The molecule has 7 heteroatoms. The molecular weight excluding hydrogens is 336 g/mol. The highest BCUT2D eigenvalue weighted by molar-refractivity contribution is 6.08. The number of anilines is 2. The Morgan fingerprint density at radius 1 is 1.12 bits per heavy atom. The van der Waals surface area contributed by atoms with Gasteiger partial charge in [0, 0.05) is 18.7 Å². The number of methoxy groups -OCH3 is 2. The summed E-state index contributed by atoms with van der Waals surface area (Å²) in [5.74, 6) is 0.970. The van der Waals surface area contributed by atoms with Gasteiger partial charge in [0.05, 0.1) is 26.5 Å². The van der Waals surface area contributed by atoms with E-state index in [2.05, 4.69) is 5.32 Å². The summed E-state index contributed by atoms with van der Waals surface area (Å²) in [6.45, 7) is 2.43. The summed E-state index contributed by atoms with van der Waals surface area (Å²) in [5, 5.41) is 2.82. The van der Waals surface area contributed by atoms with Crippen molar-refractivity contribution in [2.75, 3.05) is 37.6 Å². The minimum atomic E-state index is -0.363. The lowest BCUT2D eigenvalue weighted by atomic mass is 10.1. The Morgan fingerprint density at radius 2 is 1.81 bits per heavy atom. The minimum Gasteiger partial charge on any atom is -0.496 e. The molecule has 1 heterocycles. The second-order valence-corrected chi connectivity index (χ2v) is 5.69. The Hall–Kier alpha value is -3.22. The molecule has 2 amide bonds. The van der Waals surface area contributed by atoms with E-state index in [1.54, 1.807) is 41.3 Å². The van der Waals surface area contributed by atoms with Gasteiger partial charge in [0.2, 0.25) is 5.91 Å². The zero-order chi connectivity index (χ0) is 18.7.